The molecule has 1 saturated heterocycles. The van der Waals surface area contributed by atoms with Crippen molar-refractivity contribution in [2.45, 2.75) is 51.6 Å². The van der Waals surface area contributed by atoms with Crippen LogP contribution in [0.4, 0.5) is 0 Å². The zero-order chi connectivity index (χ0) is 9.73. The van der Waals surface area contributed by atoms with E-state index in [0.717, 1.165) is 44.8 Å². The van der Waals surface area contributed by atoms with Gasteiger partial charge in [-0.1, -0.05) is 20.3 Å². The Morgan fingerprint density at radius 1 is 1.38 bits per heavy atom. The maximum Gasteiger partial charge on any atom is 0.0691 e. The fourth-order valence-electron chi connectivity index (χ4n) is 1.72. The van der Waals surface area contributed by atoms with E-state index in [0.29, 0.717) is 0 Å². The zero-order valence-corrected chi connectivity index (χ0v) is 8.88. The van der Waals surface area contributed by atoms with E-state index in [1.54, 1.807) is 0 Å². The van der Waals surface area contributed by atoms with E-state index < -0.39 is 5.60 Å². The number of hydrogen-bond acceptors (Lipinski definition) is 2. The summed E-state index contributed by atoms with van der Waals surface area (Å²) in [5.74, 6) is 0.742. The van der Waals surface area contributed by atoms with Crippen LogP contribution in [0.15, 0.2) is 0 Å². The van der Waals surface area contributed by atoms with Gasteiger partial charge in [-0.05, 0) is 31.6 Å². The molecule has 1 aliphatic heterocycles. The largest absolute Gasteiger partial charge is 0.390 e. The molecular formula is C11H22O2. The third-order valence-corrected chi connectivity index (χ3v) is 3.22. The molecule has 0 radical (unpaired) electrons. The van der Waals surface area contributed by atoms with Crippen molar-refractivity contribution >= 4 is 0 Å². The van der Waals surface area contributed by atoms with Crippen LogP contribution in [-0.4, -0.2) is 23.9 Å². The fraction of sp³-hybridized carbons (Fsp3) is 1.00. The van der Waals surface area contributed by atoms with Gasteiger partial charge in [-0.2, -0.15) is 0 Å². The van der Waals surface area contributed by atoms with E-state index in [-0.39, 0.29) is 0 Å². The van der Waals surface area contributed by atoms with Gasteiger partial charge in [0.05, 0.1) is 5.60 Å². The molecule has 1 atom stereocenters. The summed E-state index contributed by atoms with van der Waals surface area (Å²) in [6.07, 6.45) is 4.96. The zero-order valence-electron chi connectivity index (χ0n) is 8.88. The molecule has 2 nitrogen and oxygen atoms in total. The molecule has 0 bridgehead atoms. The average Bonchev–Trinajstić information content (AvgIpc) is 2.15. The Labute approximate surface area is 81.3 Å². The van der Waals surface area contributed by atoms with Crippen molar-refractivity contribution in [3.8, 4) is 0 Å². The smallest absolute Gasteiger partial charge is 0.0691 e. The van der Waals surface area contributed by atoms with Gasteiger partial charge in [0, 0.05) is 13.2 Å². The molecule has 1 heterocycles. The molecule has 0 saturated carbocycles. The Morgan fingerprint density at radius 3 is 2.54 bits per heavy atom. The van der Waals surface area contributed by atoms with E-state index in [4.69, 9.17) is 4.74 Å². The SMILES string of the molecule is CC[C@@H](C)CCC1(O)CCOCC1. The Bertz CT molecular complexity index is 139. The summed E-state index contributed by atoms with van der Waals surface area (Å²) in [4.78, 5) is 0. The second-order valence-corrected chi connectivity index (χ2v) is 4.39. The first-order valence-electron chi connectivity index (χ1n) is 5.46. The van der Waals surface area contributed by atoms with Crippen LogP contribution in [0.25, 0.3) is 0 Å². The van der Waals surface area contributed by atoms with E-state index in [9.17, 15) is 5.11 Å². The number of aliphatic hydroxyl groups is 1. The molecule has 0 aliphatic carbocycles. The molecule has 1 fully saturated rings. The van der Waals surface area contributed by atoms with Gasteiger partial charge in [0.2, 0.25) is 0 Å². The van der Waals surface area contributed by atoms with Gasteiger partial charge < -0.3 is 9.84 Å². The van der Waals surface area contributed by atoms with E-state index >= 15 is 0 Å². The highest BCUT2D eigenvalue weighted by Gasteiger charge is 2.29. The molecule has 0 unspecified atom stereocenters. The third kappa shape index (κ3) is 3.65. The quantitative estimate of drug-likeness (QED) is 0.730. The lowest BCUT2D eigenvalue weighted by Crippen LogP contribution is -2.36. The predicted octanol–water partition coefficient (Wildman–Crippen LogP) is 2.35. The van der Waals surface area contributed by atoms with Crippen LogP contribution >= 0.6 is 0 Å². The molecule has 0 spiro atoms. The molecule has 0 aromatic heterocycles. The summed E-state index contributed by atoms with van der Waals surface area (Å²) < 4.78 is 5.24. The van der Waals surface area contributed by atoms with Gasteiger partial charge in [-0.3, -0.25) is 0 Å². The monoisotopic (exact) mass is 186 g/mol. The van der Waals surface area contributed by atoms with Crippen molar-refractivity contribution in [1.82, 2.24) is 0 Å². The summed E-state index contributed by atoms with van der Waals surface area (Å²) in [5.41, 5.74) is -0.415. The Balaban J connectivity index is 2.24. The molecular weight excluding hydrogens is 164 g/mol. The lowest BCUT2D eigenvalue weighted by molar-refractivity contribution is -0.0705. The molecule has 13 heavy (non-hydrogen) atoms. The van der Waals surface area contributed by atoms with Gasteiger partial charge in [-0.15, -0.1) is 0 Å². The van der Waals surface area contributed by atoms with Crippen molar-refractivity contribution < 1.29 is 9.84 Å². The lowest BCUT2D eigenvalue weighted by atomic mass is 9.86. The van der Waals surface area contributed by atoms with Crippen LogP contribution in [-0.2, 0) is 4.74 Å². The number of rotatable bonds is 4. The number of hydrogen-bond donors (Lipinski definition) is 1. The first-order valence-corrected chi connectivity index (χ1v) is 5.46. The topological polar surface area (TPSA) is 29.5 Å². The van der Waals surface area contributed by atoms with Crippen LogP contribution < -0.4 is 0 Å². The standard InChI is InChI=1S/C11H22O2/c1-3-10(2)4-5-11(12)6-8-13-9-7-11/h10,12H,3-9H2,1-2H3/t10-/m1/s1. The van der Waals surface area contributed by atoms with Gasteiger partial charge in [-0.25, -0.2) is 0 Å². The van der Waals surface area contributed by atoms with Crippen molar-refractivity contribution in [1.29, 1.82) is 0 Å². The normalized spacial score (nSPS) is 24.2. The minimum atomic E-state index is -0.415. The van der Waals surface area contributed by atoms with Crippen LogP contribution in [0.3, 0.4) is 0 Å². The highest BCUT2D eigenvalue weighted by Crippen LogP contribution is 2.27. The average molecular weight is 186 g/mol. The van der Waals surface area contributed by atoms with E-state index in [2.05, 4.69) is 13.8 Å². The van der Waals surface area contributed by atoms with Gasteiger partial charge in [0.15, 0.2) is 0 Å². The van der Waals surface area contributed by atoms with Crippen molar-refractivity contribution in [3.63, 3.8) is 0 Å². The Morgan fingerprint density at radius 2 is 2.00 bits per heavy atom. The predicted molar refractivity (Wildman–Crippen MR) is 53.7 cm³/mol. The summed E-state index contributed by atoms with van der Waals surface area (Å²) in [7, 11) is 0. The minimum Gasteiger partial charge on any atom is -0.390 e. The molecule has 0 aromatic rings. The Hall–Kier alpha value is -0.0800. The summed E-state index contributed by atoms with van der Waals surface area (Å²) in [6.45, 7) is 5.93. The third-order valence-electron chi connectivity index (χ3n) is 3.22. The van der Waals surface area contributed by atoms with Gasteiger partial charge >= 0.3 is 0 Å². The fourth-order valence-corrected chi connectivity index (χ4v) is 1.72. The molecule has 0 amide bonds. The molecule has 0 aromatic carbocycles. The second-order valence-electron chi connectivity index (χ2n) is 4.39. The molecule has 1 N–H and O–H groups in total. The maximum atomic E-state index is 10.1. The highest BCUT2D eigenvalue weighted by atomic mass is 16.5. The molecule has 2 heteroatoms. The Kier molecular flexibility index (Phi) is 4.20. The first kappa shape index (κ1) is 11.0. The van der Waals surface area contributed by atoms with Crippen molar-refractivity contribution in [2.24, 2.45) is 5.92 Å². The first-order chi connectivity index (χ1) is 6.16. The van der Waals surface area contributed by atoms with Crippen LogP contribution in [0, 0.1) is 5.92 Å². The van der Waals surface area contributed by atoms with Crippen molar-refractivity contribution in [2.75, 3.05) is 13.2 Å². The van der Waals surface area contributed by atoms with Crippen LogP contribution in [0.1, 0.15) is 46.0 Å². The van der Waals surface area contributed by atoms with Crippen LogP contribution in [0.5, 0.6) is 0 Å². The van der Waals surface area contributed by atoms with E-state index in [1.165, 1.54) is 6.42 Å². The molecule has 78 valence electrons. The van der Waals surface area contributed by atoms with Gasteiger partial charge in [0.1, 0.15) is 0 Å². The molecule has 1 rings (SSSR count). The van der Waals surface area contributed by atoms with E-state index in [1.807, 2.05) is 0 Å². The number of ether oxygens (including phenoxy) is 1. The van der Waals surface area contributed by atoms with Crippen molar-refractivity contribution in [3.05, 3.63) is 0 Å². The summed E-state index contributed by atoms with van der Waals surface area (Å²) in [5, 5.41) is 10.1. The van der Waals surface area contributed by atoms with Gasteiger partial charge in [0.25, 0.3) is 0 Å². The lowest BCUT2D eigenvalue weighted by Gasteiger charge is -2.32. The summed E-state index contributed by atoms with van der Waals surface area (Å²) in [6, 6.07) is 0. The molecule has 1 aliphatic rings. The minimum absolute atomic E-state index is 0.415. The highest BCUT2D eigenvalue weighted by molar-refractivity contribution is 4.81. The maximum absolute atomic E-state index is 10.1. The van der Waals surface area contributed by atoms with Crippen LogP contribution in [0.2, 0.25) is 0 Å². The second kappa shape index (κ2) is 4.97. The summed E-state index contributed by atoms with van der Waals surface area (Å²) >= 11 is 0.